The van der Waals surface area contributed by atoms with Crippen LogP contribution < -0.4 is 5.73 Å². The molecule has 2 fully saturated rings. The molecule has 0 bridgehead atoms. The van der Waals surface area contributed by atoms with Crippen LogP contribution in [0.1, 0.15) is 84.0 Å². The number of aliphatic imine (C=N–C) groups is 1. The minimum absolute atomic E-state index is 0.121. The monoisotopic (exact) mass is 392 g/mol. The SMILES string of the molecule is CC(=O)N(CC1CCCCC1)CC1(CC2CCCCC2)CC(O)N(C)C(N)=N1. The Kier molecular flexibility index (Phi) is 7.24. The summed E-state index contributed by atoms with van der Waals surface area (Å²) in [6.45, 7) is 3.08. The molecule has 0 saturated heterocycles. The summed E-state index contributed by atoms with van der Waals surface area (Å²) in [5, 5.41) is 10.6. The minimum atomic E-state index is -0.635. The van der Waals surface area contributed by atoms with Gasteiger partial charge in [0.05, 0.1) is 5.54 Å². The number of carbonyl (C=O) groups is 1. The Morgan fingerprint density at radius 1 is 1.14 bits per heavy atom. The fraction of sp³-hybridized carbons (Fsp3) is 0.909. The van der Waals surface area contributed by atoms with Crippen molar-refractivity contribution < 1.29 is 9.90 Å². The summed E-state index contributed by atoms with van der Waals surface area (Å²) in [5.74, 6) is 1.73. The van der Waals surface area contributed by atoms with Crippen LogP contribution >= 0.6 is 0 Å². The second-order valence-electron chi connectivity index (χ2n) is 9.60. The maximum Gasteiger partial charge on any atom is 0.219 e. The van der Waals surface area contributed by atoms with Gasteiger partial charge in [-0.15, -0.1) is 0 Å². The maximum absolute atomic E-state index is 12.5. The van der Waals surface area contributed by atoms with Gasteiger partial charge in [-0.25, -0.2) is 4.99 Å². The lowest BCUT2D eigenvalue weighted by molar-refractivity contribution is -0.131. The molecule has 28 heavy (non-hydrogen) atoms. The number of amides is 1. The molecule has 0 radical (unpaired) electrons. The van der Waals surface area contributed by atoms with E-state index < -0.39 is 11.8 Å². The average molecular weight is 393 g/mol. The third-order valence-electron chi connectivity index (χ3n) is 7.25. The van der Waals surface area contributed by atoms with E-state index in [1.807, 2.05) is 4.90 Å². The van der Waals surface area contributed by atoms with Crippen LogP contribution in [-0.2, 0) is 4.79 Å². The van der Waals surface area contributed by atoms with Crippen LogP contribution in [0, 0.1) is 11.8 Å². The molecule has 1 heterocycles. The minimum Gasteiger partial charge on any atom is -0.373 e. The van der Waals surface area contributed by atoms with Gasteiger partial charge in [-0.3, -0.25) is 4.79 Å². The lowest BCUT2D eigenvalue weighted by atomic mass is 9.76. The van der Waals surface area contributed by atoms with Crippen LogP contribution in [-0.4, -0.2) is 58.7 Å². The molecule has 6 heteroatoms. The summed E-state index contributed by atoms with van der Waals surface area (Å²) in [6, 6.07) is 0. The topological polar surface area (TPSA) is 82.2 Å². The number of aliphatic hydroxyl groups is 1. The second kappa shape index (κ2) is 9.47. The van der Waals surface area contributed by atoms with Gasteiger partial charge in [-0.05, 0) is 31.1 Å². The zero-order valence-electron chi connectivity index (χ0n) is 17.9. The largest absolute Gasteiger partial charge is 0.373 e. The number of nitrogens with zero attached hydrogens (tertiary/aromatic N) is 3. The fourth-order valence-electron chi connectivity index (χ4n) is 5.56. The van der Waals surface area contributed by atoms with Crippen molar-refractivity contribution in [3.8, 4) is 0 Å². The quantitative estimate of drug-likeness (QED) is 0.728. The highest BCUT2D eigenvalue weighted by molar-refractivity contribution is 5.79. The zero-order valence-corrected chi connectivity index (χ0v) is 17.9. The third-order valence-corrected chi connectivity index (χ3v) is 7.25. The summed E-state index contributed by atoms with van der Waals surface area (Å²) < 4.78 is 0. The molecule has 0 aromatic heterocycles. The van der Waals surface area contributed by atoms with Crippen LogP contribution in [0.3, 0.4) is 0 Å². The Hall–Kier alpha value is -1.30. The molecule has 1 aliphatic heterocycles. The van der Waals surface area contributed by atoms with Crippen molar-refractivity contribution in [2.75, 3.05) is 20.1 Å². The van der Waals surface area contributed by atoms with E-state index in [1.54, 1.807) is 18.9 Å². The van der Waals surface area contributed by atoms with Gasteiger partial charge >= 0.3 is 0 Å². The lowest BCUT2D eigenvalue weighted by Gasteiger charge is -2.45. The molecule has 2 unspecified atom stereocenters. The predicted molar refractivity (Wildman–Crippen MR) is 113 cm³/mol. The van der Waals surface area contributed by atoms with E-state index in [1.165, 1.54) is 64.2 Å². The maximum atomic E-state index is 12.5. The number of guanidine groups is 1. The van der Waals surface area contributed by atoms with E-state index in [0.717, 1.165) is 13.0 Å². The van der Waals surface area contributed by atoms with Gasteiger partial charge in [0.25, 0.3) is 0 Å². The van der Waals surface area contributed by atoms with Gasteiger partial charge in [-0.2, -0.15) is 0 Å². The standard InChI is InChI=1S/C22H40N4O2/c1-17(27)26(15-19-11-7-4-8-12-19)16-22(13-18-9-5-3-6-10-18)14-20(28)25(2)21(23)24-22/h18-20,28H,3-16H2,1-2H3,(H2,23,24). The Balaban J connectivity index is 1.79. The smallest absolute Gasteiger partial charge is 0.219 e. The van der Waals surface area contributed by atoms with Crippen molar-refractivity contribution in [3.63, 3.8) is 0 Å². The Morgan fingerprint density at radius 2 is 1.71 bits per heavy atom. The van der Waals surface area contributed by atoms with E-state index >= 15 is 0 Å². The molecule has 0 aromatic rings. The van der Waals surface area contributed by atoms with Crippen molar-refractivity contribution in [2.45, 2.75) is 95.7 Å². The third kappa shape index (κ3) is 5.40. The molecular formula is C22H40N4O2. The number of rotatable bonds is 6. The van der Waals surface area contributed by atoms with Crippen molar-refractivity contribution in [1.29, 1.82) is 0 Å². The number of aliphatic hydroxyl groups excluding tert-OH is 1. The van der Waals surface area contributed by atoms with Crippen LogP contribution in [0.15, 0.2) is 4.99 Å². The first-order chi connectivity index (χ1) is 13.4. The van der Waals surface area contributed by atoms with E-state index in [9.17, 15) is 9.90 Å². The van der Waals surface area contributed by atoms with Gasteiger partial charge in [0.1, 0.15) is 6.23 Å². The predicted octanol–water partition coefficient (Wildman–Crippen LogP) is 3.09. The van der Waals surface area contributed by atoms with Gasteiger partial charge in [0, 0.05) is 33.5 Å². The first kappa shape index (κ1) is 21.4. The molecule has 1 amide bonds. The highest BCUT2D eigenvalue weighted by atomic mass is 16.3. The van der Waals surface area contributed by atoms with Gasteiger partial charge < -0.3 is 20.6 Å². The number of nitrogens with two attached hydrogens (primary N) is 1. The molecule has 3 N–H and O–H groups in total. The second-order valence-corrected chi connectivity index (χ2v) is 9.60. The Morgan fingerprint density at radius 3 is 2.25 bits per heavy atom. The molecule has 3 aliphatic rings. The van der Waals surface area contributed by atoms with Crippen LogP contribution in [0.25, 0.3) is 0 Å². The van der Waals surface area contributed by atoms with Crippen LogP contribution in [0.4, 0.5) is 0 Å². The normalized spacial score (nSPS) is 30.2. The highest BCUT2D eigenvalue weighted by Gasteiger charge is 2.42. The summed E-state index contributed by atoms with van der Waals surface area (Å²) in [6.07, 6.45) is 13.5. The molecule has 2 atom stereocenters. The number of hydrogen-bond acceptors (Lipinski definition) is 5. The van der Waals surface area contributed by atoms with E-state index in [-0.39, 0.29) is 5.91 Å². The van der Waals surface area contributed by atoms with Gasteiger partial charge in [0.15, 0.2) is 5.96 Å². The summed E-state index contributed by atoms with van der Waals surface area (Å²) in [5.41, 5.74) is 5.74. The van der Waals surface area contributed by atoms with Crippen molar-refractivity contribution in [2.24, 2.45) is 22.6 Å². The summed E-state index contributed by atoms with van der Waals surface area (Å²) >= 11 is 0. The van der Waals surface area contributed by atoms with Crippen LogP contribution in [0.2, 0.25) is 0 Å². The number of carbonyl (C=O) groups excluding carboxylic acids is 1. The Bertz CT molecular complexity index is 555. The molecule has 6 nitrogen and oxygen atoms in total. The average Bonchev–Trinajstić information content (AvgIpc) is 2.67. The van der Waals surface area contributed by atoms with E-state index in [0.29, 0.717) is 30.8 Å². The summed E-state index contributed by atoms with van der Waals surface area (Å²) in [4.78, 5) is 21.1. The van der Waals surface area contributed by atoms with E-state index in [4.69, 9.17) is 10.7 Å². The zero-order chi connectivity index (χ0) is 20.1. The molecule has 0 aromatic carbocycles. The Labute approximate surface area is 170 Å². The fourth-order valence-corrected chi connectivity index (χ4v) is 5.56. The molecule has 160 valence electrons. The molecular weight excluding hydrogens is 352 g/mol. The van der Waals surface area contributed by atoms with Crippen molar-refractivity contribution in [3.05, 3.63) is 0 Å². The van der Waals surface area contributed by atoms with Crippen molar-refractivity contribution >= 4 is 11.9 Å². The van der Waals surface area contributed by atoms with Crippen LogP contribution in [0.5, 0.6) is 0 Å². The van der Waals surface area contributed by atoms with Gasteiger partial charge in [0.2, 0.25) is 5.91 Å². The van der Waals surface area contributed by atoms with E-state index in [2.05, 4.69) is 0 Å². The first-order valence-corrected chi connectivity index (χ1v) is 11.4. The first-order valence-electron chi connectivity index (χ1n) is 11.4. The number of hydrogen-bond donors (Lipinski definition) is 2. The molecule has 0 spiro atoms. The summed E-state index contributed by atoms with van der Waals surface area (Å²) in [7, 11) is 1.79. The molecule has 2 saturated carbocycles. The van der Waals surface area contributed by atoms with Gasteiger partial charge in [-0.1, -0.05) is 51.4 Å². The molecule has 2 aliphatic carbocycles. The molecule has 3 rings (SSSR count). The highest BCUT2D eigenvalue weighted by Crippen LogP contribution is 2.38. The lowest BCUT2D eigenvalue weighted by Crippen LogP contribution is -2.57. The van der Waals surface area contributed by atoms with Crippen molar-refractivity contribution in [1.82, 2.24) is 9.80 Å².